The maximum absolute atomic E-state index is 13.0. The van der Waals surface area contributed by atoms with Crippen molar-refractivity contribution < 1.29 is 19.0 Å². The third kappa shape index (κ3) is 3.07. The van der Waals surface area contributed by atoms with Gasteiger partial charge in [0.1, 0.15) is 11.9 Å². The average Bonchev–Trinajstić information content (AvgIpc) is 2.27. The fraction of sp³-hybridized carbons (Fsp3) is 0.250. The minimum absolute atomic E-state index is 0.159. The number of aromatic carboxylic acids is 1. The number of benzene rings is 1. The highest BCUT2D eigenvalue weighted by Crippen LogP contribution is 2.12. The largest absolute Gasteiger partial charge is 0.478 e. The van der Waals surface area contributed by atoms with Gasteiger partial charge in [-0.3, -0.25) is 0 Å². The molecule has 0 aliphatic rings. The van der Waals surface area contributed by atoms with Gasteiger partial charge in [0.05, 0.1) is 12.2 Å². The lowest BCUT2D eigenvalue weighted by Gasteiger charge is -2.07. The Morgan fingerprint density at radius 1 is 1.69 bits per heavy atom. The van der Waals surface area contributed by atoms with E-state index in [2.05, 4.69) is 5.92 Å². The molecule has 0 spiro atoms. The highest BCUT2D eigenvalue weighted by molar-refractivity contribution is 5.88. The van der Waals surface area contributed by atoms with Crippen molar-refractivity contribution in [3.63, 3.8) is 0 Å². The quantitative estimate of drug-likeness (QED) is 0.793. The Hall–Kier alpha value is -1.86. The summed E-state index contributed by atoms with van der Waals surface area (Å²) in [6, 6.07) is 3.80. The van der Waals surface area contributed by atoms with Crippen LogP contribution in [0.15, 0.2) is 18.2 Å². The number of carboxylic acids is 1. The van der Waals surface area contributed by atoms with Gasteiger partial charge >= 0.3 is 5.97 Å². The number of carbonyl (C=O) groups is 1. The summed E-state index contributed by atoms with van der Waals surface area (Å²) in [6.45, 7) is 1.85. The predicted octanol–water partition coefficient (Wildman–Crippen LogP) is 2.06. The topological polar surface area (TPSA) is 46.5 Å². The molecule has 1 unspecified atom stereocenters. The molecule has 3 nitrogen and oxygen atoms in total. The van der Waals surface area contributed by atoms with Gasteiger partial charge in [0.25, 0.3) is 0 Å². The van der Waals surface area contributed by atoms with Crippen molar-refractivity contribution in [1.82, 2.24) is 0 Å². The van der Waals surface area contributed by atoms with Gasteiger partial charge in [0.2, 0.25) is 0 Å². The third-order valence-electron chi connectivity index (χ3n) is 2.00. The van der Waals surface area contributed by atoms with E-state index in [1.165, 1.54) is 12.1 Å². The minimum Gasteiger partial charge on any atom is -0.478 e. The van der Waals surface area contributed by atoms with E-state index in [9.17, 15) is 9.18 Å². The molecule has 1 rings (SSSR count). The number of carboxylic acid groups (broad SMARTS) is 1. The fourth-order valence-electron chi connectivity index (χ4n) is 1.10. The van der Waals surface area contributed by atoms with E-state index in [1.807, 2.05) is 0 Å². The molecule has 0 heterocycles. The summed E-state index contributed by atoms with van der Waals surface area (Å²) in [5.74, 6) is 0.307. The van der Waals surface area contributed by atoms with Gasteiger partial charge in [-0.2, -0.15) is 0 Å². The van der Waals surface area contributed by atoms with Crippen LogP contribution in [0, 0.1) is 18.2 Å². The summed E-state index contributed by atoms with van der Waals surface area (Å²) in [4.78, 5) is 10.7. The summed E-state index contributed by atoms with van der Waals surface area (Å²) in [7, 11) is 0. The first-order chi connectivity index (χ1) is 7.54. The van der Waals surface area contributed by atoms with E-state index < -0.39 is 11.8 Å². The first-order valence-electron chi connectivity index (χ1n) is 4.64. The van der Waals surface area contributed by atoms with Crippen molar-refractivity contribution in [2.45, 2.75) is 19.6 Å². The number of halogens is 1. The molecule has 16 heavy (non-hydrogen) atoms. The van der Waals surface area contributed by atoms with Gasteiger partial charge in [0.15, 0.2) is 0 Å². The zero-order valence-corrected chi connectivity index (χ0v) is 8.74. The Morgan fingerprint density at radius 2 is 2.38 bits per heavy atom. The monoisotopic (exact) mass is 222 g/mol. The van der Waals surface area contributed by atoms with Crippen LogP contribution < -0.4 is 0 Å². The smallest absolute Gasteiger partial charge is 0.338 e. The van der Waals surface area contributed by atoms with Crippen molar-refractivity contribution in [1.29, 1.82) is 0 Å². The lowest BCUT2D eigenvalue weighted by atomic mass is 10.1. The van der Waals surface area contributed by atoms with Crippen LogP contribution in [0.1, 0.15) is 22.8 Å². The number of ether oxygens (including phenoxy) is 1. The third-order valence-corrected chi connectivity index (χ3v) is 2.00. The summed E-state index contributed by atoms with van der Waals surface area (Å²) in [5.41, 5.74) is 0.204. The van der Waals surface area contributed by atoms with Crippen LogP contribution in [0.25, 0.3) is 0 Å². The number of hydrogen-bond acceptors (Lipinski definition) is 2. The molecule has 0 aromatic heterocycles. The Bertz CT molecular complexity index is 434. The summed E-state index contributed by atoms with van der Waals surface area (Å²) in [6.07, 6.45) is 4.75. The van der Waals surface area contributed by atoms with Crippen molar-refractivity contribution in [3.05, 3.63) is 35.1 Å². The predicted molar refractivity (Wildman–Crippen MR) is 56.4 cm³/mol. The molecule has 0 saturated carbocycles. The zero-order valence-electron chi connectivity index (χ0n) is 8.74. The van der Waals surface area contributed by atoms with E-state index in [1.54, 1.807) is 6.92 Å². The van der Waals surface area contributed by atoms with Crippen LogP contribution in [0.4, 0.5) is 4.39 Å². The minimum atomic E-state index is -1.30. The molecule has 1 aromatic rings. The second-order valence-electron chi connectivity index (χ2n) is 3.24. The molecule has 1 aromatic carbocycles. The van der Waals surface area contributed by atoms with E-state index in [4.69, 9.17) is 16.3 Å². The maximum Gasteiger partial charge on any atom is 0.338 e. The van der Waals surface area contributed by atoms with Crippen LogP contribution in [0.2, 0.25) is 0 Å². The lowest BCUT2D eigenvalue weighted by Crippen LogP contribution is -2.06. The molecule has 84 valence electrons. The van der Waals surface area contributed by atoms with Crippen LogP contribution in [-0.4, -0.2) is 17.2 Å². The fourth-order valence-corrected chi connectivity index (χ4v) is 1.10. The second-order valence-corrected chi connectivity index (χ2v) is 3.24. The van der Waals surface area contributed by atoms with E-state index in [0.717, 1.165) is 6.07 Å². The maximum atomic E-state index is 13.0. The second kappa shape index (κ2) is 5.29. The standard InChI is InChI=1S/C12H11FO3/c1-3-8(2)16-7-9-4-5-11(13)10(6-9)12(14)15/h1,4-6,8H,7H2,2H3,(H,14,15). The van der Waals surface area contributed by atoms with Crippen molar-refractivity contribution in [2.24, 2.45) is 0 Å². The van der Waals surface area contributed by atoms with Crippen molar-refractivity contribution >= 4 is 5.97 Å². The van der Waals surface area contributed by atoms with Crippen LogP contribution >= 0.6 is 0 Å². The molecule has 4 heteroatoms. The van der Waals surface area contributed by atoms with Crippen molar-refractivity contribution in [2.75, 3.05) is 0 Å². The molecule has 1 atom stereocenters. The van der Waals surface area contributed by atoms with Gasteiger partial charge in [-0.25, -0.2) is 9.18 Å². The van der Waals surface area contributed by atoms with E-state index in [-0.39, 0.29) is 18.3 Å². The highest BCUT2D eigenvalue weighted by atomic mass is 19.1. The molecule has 1 N–H and O–H groups in total. The molecule has 0 aliphatic carbocycles. The zero-order chi connectivity index (χ0) is 12.1. The van der Waals surface area contributed by atoms with Gasteiger partial charge < -0.3 is 9.84 Å². The van der Waals surface area contributed by atoms with E-state index in [0.29, 0.717) is 5.56 Å². The Labute approximate surface area is 92.9 Å². The average molecular weight is 222 g/mol. The lowest BCUT2D eigenvalue weighted by molar-refractivity contribution is 0.0690. The van der Waals surface area contributed by atoms with Crippen LogP contribution in [0.5, 0.6) is 0 Å². The Balaban J connectivity index is 2.80. The van der Waals surface area contributed by atoms with Gasteiger partial charge in [-0.05, 0) is 24.6 Å². The summed E-state index contributed by atoms with van der Waals surface area (Å²) >= 11 is 0. The molecule has 0 radical (unpaired) electrons. The van der Waals surface area contributed by atoms with Gasteiger partial charge in [-0.15, -0.1) is 6.42 Å². The van der Waals surface area contributed by atoms with Crippen LogP contribution in [0.3, 0.4) is 0 Å². The molecule has 0 amide bonds. The molecular weight excluding hydrogens is 211 g/mol. The number of hydrogen-bond donors (Lipinski definition) is 1. The molecule has 0 fully saturated rings. The van der Waals surface area contributed by atoms with Crippen molar-refractivity contribution in [3.8, 4) is 12.3 Å². The first kappa shape index (κ1) is 12.2. The Morgan fingerprint density at radius 3 is 2.94 bits per heavy atom. The van der Waals surface area contributed by atoms with E-state index >= 15 is 0 Å². The SMILES string of the molecule is C#CC(C)OCc1ccc(F)c(C(=O)O)c1. The first-order valence-corrected chi connectivity index (χ1v) is 4.64. The normalized spacial score (nSPS) is 11.8. The van der Waals surface area contributed by atoms with Gasteiger partial charge in [0, 0.05) is 0 Å². The number of rotatable bonds is 4. The molecule has 0 bridgehead atoms. The molecular formula is C12H11FO3. The summed E-state index contributed by atoms with van der Waals surface area (Å²) in [5, 5.41) is 8.70. The number of terminal acetylenes is 1. The Kier molecular flexibility index (Phi) is 4.03. The highest BCUT2D eigenvalue weighted by Gasteiger charge is 2.11. The molecule has 0 aliphatic heterocycles. The van der Waals surface area contributed by atoms with Gasteiger partial charge in [-0.1, -0.05) is 12.0 Å². The summed E-state index contributed by atoms with van der Waals surface area (Å²) < 4.78 is 18.2. The van der Waals surface area contributed by atoms with Crippen LogP contribution in [-0.2, 0) is 11.3 Å². The molecule has 0 saturated heterocycles.